The van der Waals surface area contributed by atoms with Gasteiger partial charge in [-0.3, -0.25) is 4.79 Å². The topological polar surface area (TPSA) is 69.2 Å². The Labute approximate surface area is 178 Å². The van der Waals surface area contributed by atoms with Gasteiger partial charge in [0.1, 0.15) is 0 Å². The molecule has 0 spiro atoms. The average molecular weight is 428 g/mol. The van der Waals surface area contributed by atoms with Crippen molar-refractivity contribution >= 4 is 22.9 Å². The zero-order chi connectivity index (χ0) is 22.2. The molecule has 1 atom stereocenters. The lowest BCUT2D eigenvalue weighted by Gasteiger charge is -2.14. The number of benzene rings is 3. The van der Waals surface area contributed by atoms with Crippen LogP contribution in [0.1, 0.15) is 24.1 Å². The first kappa shape index (κ1) is 22.0. The second kappa shape index (κ2) is 10.4. The molecule has 3 rings (SSSR count). The van der Waals surface area contributed by atoms with Crippen LogP contribution in [0.3, 0.4) is 0 Å². The molecule has 0 fully saturated rings. The Morgan fingerprint density at radius 3 is 2.58 bits per heavy atom. The maximum Gasteiger partial charge on any atom is 0.387 e. The minimum Gasteiger partial charge on any atom is -0.493 e. The van der Waals surface area contributed by atoms with Crippen molar-refractivity contribution in [1.82, 2.24) is 5.32 Å². The molecule has 0 saturated heterocycles. The molecule has 3 aromatic carbocycles. The molecule has 162 valence electrons. The van der Waals surface area contributed by atoms with Crippen LogP contribution in [0.2, 0.25) is 0 Å². The van der Waals surface area contributed by atoms with Crippen LogP contribution in [0.25, 0.3) is 10.8 Å². The lowest BCUT2D eigenvalue weighted by Crippen LogP contribution is -2.29. The van der Waals surface area contributed by atoms with Crippen molar-refractivity contribution in [3.8, 4) is 11.5 Å². The van der Waals surface area contributed by atoms with Gasteiger partial charge in [0.05, 0.1) is 19.4 Å². The molecule has 0 radical (unpaired) electrons. The molecule has 31 heavy (non-hydrogen) atoms. The van der Waals surface area contributed by atoms with E-state index in [1.54, 1.807) is 0 Å². The summed E-state index contributed by atoms with van der Waals surface area (Å²) in [6, 6.07) is 18.1. The number of carbonyl (C=O) groups excluding carboxylic acids is 1. The summed E-state index contributed by atoms with van der Waals surface area (Å²) in [6.07, 6.45) is 1.34. The first-order valence-electron chi connectivity index (χ1n) is 9.52. The monoisotopic (exact) mass is 428 g/mol. The number of fused-ring (bicyclic) bond motifs is 1. The maximum atomic E-state index is 12.4. The van der Waals surface area contributed by atoms with Gasteiger partial charge in [-0.2, -0.15) is 8.78 Å². The molecule has 0 aliphatic heterocycles. The Kier molecular flexibility index (Phi) is 7.37. The number of hydrogen-bond acceptors (Lipinski definition) is 5. The number of nitrogens with zero attached hydrogens (tertiary/aromatic N) is 1. The minimum absolute atomic E-state index is 0.0855. The highest BCUT2D eigenvalue weighted by Gasteiger charge is 2.12. The van der Waals surface area contributed by atoms with Crippen LogP contribution in [0.15, 0.2) is 65.8 Å². The molecule has 3 aromatic rings. The molecule has 1 amide bonds. The molecule has 0 saturated carbocycles. The van der Waals surface area contributed by atoms with E-state index >= 15 is 0 Å². The molecule has 1 unspecified atom stereocenters. The zero-order valence-corrected chi connectivity index (χ0v) is 17.0. The van der Waals surface area contributed by atoms with Crippen LogP contribution in [0, 0.1) is 0 Å². The second-order valence-electron chi connectivity index (χ2n) is 6.69. The summed E-state index contributed by atoms with van der Waals surface area (Å²) < 4.78 is 34.1. The Morgan fingerprint density at radius 1 is 1.06 bits per heavy atom. The van der Waals surface area contributed by atoms with E-state index in [2.05, 4.69) is 15.2 Å². The minimum atomic E-state index is -2.95. The van der Waals surface area contributed by atoms with Gasteiger partial charge in [-0.05, 0) is 47.5 Å². The molecule has 6 nitrogen and oxygen atoms in total. The SMILES string of the molecule is COc1cc(/C=N/OCC(=O)NC(C)c2ccc3ccccc3c2)ccc1OC(F)F. The highest BCUT2D eigenvalue weighted by atomic mass is 19.3. The number of methoxy groups -OCH3 is 1. The van der Waals surface area contributed by atoms with E-state index in [1.165, 1.54) is 31.5 Å². The normalized spacial score (nSPS) is 12.2. The Bertz CT molecular complexity index is 1070. The van der Waals surface area contributed by atoms with Gasteiger partial charge in [0.15, 0.2) is 18.1 Å². The number of alkyl halides is 2. The second-order valence-corrected chi connectivity index (χ2v) is 6.69. The smallest absolute Gasteiger partial charge is 0.387 e. The van der Waals surface area contributed by atoms with Crippen LogP contribution in [-0.4, -0.2) is 32.4 Å². The first-order valence-corrected chi connectivity index (χ1v) is 9.52. The quantitative estimate of drug-likeness (QED) is 0.397. The summed E-state index contributed by atoms with van der Waals surface area (Å²) in [5.41, 5.74) is 1.51. The van der Waals surface area contributed by atoms with Crippen molar-refractivity contribution < 1.29 is 27.9 Å². The molecule has 0 aromatic heterocycles. The van der Waals surface area contributed by atoms with Crippen LogP contribution in [-0.2, 0) is 9.63 Å². The number of hydrogen-bond donors (Lipinski definition) is 1. The number of halogens is 2. The van der Waals surface area contributed by atoms with Crippen molar-refractivity contribution in [1.29, 1.82) is 0 Å². The van der Waals surface area contributed by atoms with E-state index in [-0.39, 0.29) is 30.1 Å². The molecule has 0 bridgehead atoms. The molecule has 0 heterocycles. The first-order chi connectivity index (χ1) is 15.0. The van der Waals surface area contributed by atoms with Gasteiger partial charge in [0.25, 0.3) is 5.91 Å². The highest BCUT2D eigenvalue weighted by molar-refractivity contribution is 5.84. The Hall–Kier alpha value is -3.68. The summed E-state index contributed by atoms with van der Waals surface area (Å²) >= 11 is 0. The Balaban J connectivity index is 1.51. The van der Waals surface area contributed by atoms with Crippen molar-refractivity contribution in [2.24, 2.45) is 5.16 Å². The largest absolute Gasteiger partial charge is 0.493 e. The van der Waals surface area contributed by atoms with Crippen molar-refractivity contribution in [2.75, 3.05) is 13.7 Å². The average Bonchev–Trinajstić information content (AvgIpc) is 2.76. The van der Waals surface area contributed by atoms with Gasteiger partial charge in [-0.15, -0.1) is 0 Å². The number of amides is 1. The Morgan fingerprint density at radius 2 is 1.84 bits per heavy atom. The fourth-order valence-electron chi connectivity index (χ4n) is 3.00. The number of ether oxygens (including phenoxy) is 2. The standard InChI is InChI=1S/C23H22F2N2O4/c1-15(18-9-8-17-5-3-4-6-19(17)12-18)27-22(28)14-30-26-13-16-7-10-20(31-23(24)25)21(11-16)29-2/h3-13,15,23H,14H2,1-2H3,(H,27,28)/b26-13+. The van der Waals surface area contributed by atoms with E-state index < -0.39 is 6.61 Å². The summed E-state index contributed by atoms with van der Waals surface area (Å²) in [5, 5.41) is 8.83. The molecular formula is C23H22F2N2O4. The highest BCUT2D eigenvalue weighted by Crippen LogP contribution is 2.29. The van der Waals surface area contributed by atoms with Gasteiger partial charge < -0.3 is 19.6 Å². The van der Waals surface area contributed by atoms with Gasteiger partial charge in [0, 0.05) is 5.56 Å². The molecule has 8 heteroatoms. The summed E-state index contributed by atoms with van der Waals surface area (Å²) in [7, 11) is 1.34. The maximum absolute atomic E-state index is 12.4. The lowest BCUT2D eigenvalue weighted by atomic mass is 10.0. The molecule has 0 aliphatic rings. The van der Waals surface area contributed by atoms with E-state index in [0.717, 1.165) is 16.3 Å². The number of oxime groups is 1. The molecule has 1 N–H and O–H groups in total. The van der Waals surface area contributed by atoms with Crippen LogP contribution < -0.4 is 14.8 Å². The fraction of sp³-hybridized carbons (Fsp3) is 0.217. The van der Waals surface area contributed by atoms with Crippen LogP contribution >= 0.6 is 0 Å². The van der Waals surface area contributed by atoms with Gasteiger partial charge in [-0.1, -0.05) is 41.6 Å². The van der Waals surface area contributed by atoms with E-state index in [0.29, 0.717) is 5.56 Å². The predicted molar refractivity (Wildman–Crippen MR) is 114 cm³/mol. The number of rotatable bonds is 9. The van der Waals surface area contributed by atoms with Crippen LogP contribution in [0.5, 0.6) is 11.5 Å². The molecular weight excluding hydrogens is 406 g/mol. The summed E-state index contributed by atoms with van der Waals surface area (Å²) in [4.78, 5) is 17.2. The predicted octanol–water partition coefficient (Wildman–Crippen LogP) is 4.68. The van der Waals surface area contributed by atoms with Crippen LogP contribution in [0.4, 0.5) is 8.78 Å². The number of nitrogens with one attached hydrogen (secondary N) is 1. The fourth-order valence-corrected chi connectivity index (χ4v) is 3.00. The van der Waals surface area contributed by atoms with Gasteiger partial charge in [-0.25, -0.2) is 0 Å². The lowest BCUT2D eigenvalue weighted by molar-refractivity contribution is -0.126. The third kappa shape index (κ3) is 6.15. The van der Waals surface area contributed by atoms with Crippen molar-refractivity contribution in [2.45, 2.75) is 19.6 Å². The van der Waals surface area contributed by atoms with E-state index in [4.69, 9.17) is 9.57 Å². The zero-order valence-electron chi connectivity index (χ0n) is 17.0. The third-order valence-corrected chi connectivity index (χ3v) is 4.53. The van der Waals surface area contributed by atoms with E-state index in [9.17, 15) is 13.6 Å². The summed E-state index contributed by atoms with van der Waals surface area (Å²) in [6.45, 7) is -1.33. The summed E-state index contributed by atoms with van der Waals surface area (Å²) in [5.74, 6) is -0.278. The number of carbonyl (C=O) groups is 1. The van der Waals surface area contributed by atoms with Crippen molar-refractivity contribution in [3.63, 3.8) is 0 Å². The van der Waals surface area contributed by atoms with Gasteiger partial charge >= 0.3 is 6.61 Å². The third-order valence-electron chi connectivity index (χ3n) is 4.53. The van der Waals surface area contributed by atoms with Gasteiger partial charge in [0.2, 0.25) is 0 Å². The molecule has 0 aliphatic carbocycles. The van der Waals surface area contributed by atoms with E-state index in [1.807, 2.05) is 49.4 Å². The van der Waals surface area contributed by atoms with Crippen molar-refractivity contribution in [3.05, 3.63) is 71.8 Å².